The first-order chi connectivity index (χ1) is 7.74. The Bertz CT molecular complexity index is 292. The van der Waals surface area contributed by atoms with Crippen molar-refractivity contribution >= 4 is 5.91 Å². The molecule has 2 saturated heterocycles. The molecule has 2 heterocycles. The molecule has 0 radical (unpaired) electrons. The molecule has 3 heteroatoms. The quantitative estimate of drug-likeness (QED) is 0.727. The molecular weight excluding hydrogens is 200 g/mol. The molecule has 1 saturated carbocycles. The SMILES string of the molecule is C[C@H]1C[C@@H](C(=O)N2CC3CCC2C3)CCN1. The molecule has 1 amide bonds. The van der Waals surface area contributed by atoms with Crippen molar-refractivity contribution < 1.29 is 4.79 Å². The first-order valence-electron chi connectivity index (χ1n) is 6.78. The van der Waals surface area contributed by atoms with Gasteiger partial charge in [0.05, 0.1) is 0 Å². The predicted octanol–water partition coefficient (Wildman–Crippen LogP) is 1.39. The van der Waals surface area contributed by atoms with Gasteiger partial charge in [0.1, 0.15) is 0 Å². The number of hydrogen-bond acceptors (Lipinski definition) is 2. The molecule has 3 aliphatic rings. The van der Waals surface area contributed by atoms with Gasteiger partial charge in [-0.05, 0) is 51.5 Å². The molecule has 2 bridgehead atoms. The largest absolute Gasteiger partial charge is 0.339 e. The van der Waals surface area contributed by atoms with E-state index in [-0.39, 0.29) is 0 Å². The maximum absolute atomic E-state index is 12.4. The lowest BCUT2D eigenvalue weighted by atomic mass is 9.91. The maximum Gasteiger partial charge on any atom is 0.226 e. The van der Waals surface area contributed by atoms with Crippen molar-refractivity contribution in [3.63, 3.8) is 0 Å². The van der Waals surface area contributed by atoms with Crippen molar-refractivity contribution in [1.29, 1.82) is 0 Å². The molecule has 16 heavy (non-hydrogen) atoms. The van der Waals surface area contributed by atoms with E-state index in [2.05, 4.69) is 17.1 Å². The number of nitrogens with one attached hydrogen (secondary N) is 1. The fraction of sp³-hybridized carbons (Fsp3) is 0.923. The minimum Gasteiger partial charge on any atom is -0.339 e. The Balaban J connectivity index is 1.64. The van der Waals surface area contributed by atoms with E-state index in [1.165, 1.54) is 19.3 Å². The second kappa shape index (κ2) is 4.02. The zero-order chi connectivity index (χ0) is 11.1. The number of rotatable bonds is 1. The van der Waals surface area contributed by atoms with Crippen LogP contribution in [0, 0.1) is 11.8 Å². The van der Waals surface area contributed by atoms with Crippen LogP contribution < -0.4 is 5.32 Å². The van der Waals surface area contributed by atoms with Gasteiger partial charge in [-0.15, -0.1) is 0 Å². The summed E-state index contributed by atoms with van der Waals surface area (Å²) in [5, 5.41) is 3.42. The molecule has 0 aromatic rings. The molecule has 2 unspecified atom stereocenters. The van der Waals surface area contributed by atoms with Gasteiger partial charge in [0.15, 0.2) is 0 Å². The Morgan fingerprint density at radius 2 is 2.12 bits per heavy atom. The van der Waals surface area contributed by atoms with Gasteiger partial charge >= 0.3 is 0 Å². The molecular formula is C13H22N2O. The molecule has 2 aliphatic heterocycles. The van der Waals surface area contributed by atoms with Gasteiger partial charge in [-0.3, -0.25) is 4.79 Å². The zero-order valence-electron chi connectivity index (χ0n) is 10.1. The Morgan fingerprint density at radius 1 is 1.25 bits per heavy atom. The molecule has 3 nitrogen and oxygen atoms in total. The summed E-state index contributed by atoms with van der Waals surface area (Å²) in [7, 11) is 0. The van der Waals surface area contributed by atoms with Gasteiger partial charge in [0.25, 0.3) is 0 Å². The van der Waals surface area contributed by atoms with Crippen LogP contribution in [0.4, 0.5) is 0 Å². The lowest BCUT2D eigenvalue weighted by Gasteiger charge is -2.34. The molecule has 0 aromatic carbocycles. The van der Waals surface area contributed by atoms with Gasteiger partial charge in [-0.2, -0.15) is 0 Å². The number of nitrogens with zero attached hydrogens (tertiary/aromatic N) is 1. The molecule has 1 N–H and O–H groups in total. The number of likely N-dealkylation sites (tertiary alicyclic amines) is 1. The lowest BCUT2D eigenvalue weighted by Crippen LogP contribution is -2.46. The highest BCUT2D eigenvalue weighted by Gasteiger charge is 2.42. The van der Waals surface area contributed by atoms with Gasteiger partial charge in [0.2, 0.25) is 5.91 Å². The molecule has 4 atom stereocenters. The summed E-state index contributed by atoms with van der Waals surface area (Å²) < 4.78 is 0. The zero-order valence-corrected chi connectivity index (χ0v) is 10.1. The summed E-state index contributed by atoms with van der Waals surface area (Å²) >= 11 is 0. The van der Waals surface area contributed by atoms with E-state index in [0.717, 1.165) is 31.8 Å². The minimum absolute atomic E-state index is 0.301. The number of carbonyl (C=O) groups excluding carboxylic acids is 1. The van der Waals surface area contributed by atoms with Crippen molar-refractivity contribution in [2.24, 2.45) is 11.8 Å². The average molecular weight is 222 g/mol. The van der Waals surface area contributed by atoms with Crippen LogP contribution in [0.25, 0.3) is 0 Å². The lowest BCUT2D eigenvalue weighted by molar-refractivity contribution is -0.138. The molecule has 1 aliphatic carbocycles. The van der Waals surface area contributed by atoms with Crippen molar-refractivity contribution in [2.75, 3.05) is 13.1 Å². The van der Waals surface area contributed by atoms with Gasteiger partial charge < -0.3 is 10.2 Å². The Kier molecular flexibility index (Phi) is 2.66. The van der Waals surface area contributed by atoms with Gasteiger partial charge in [0, 0.05) is 24.5 Å². The summed E-state index contributed by atoms with van der Waals surface area (Å²) in [6.45, 7) is 4.26. The van der Waals surface area contributed by atoms with Crippen LogP contribution in [0.5, 0.6) is 0 Å². The predicted molar refractivity (Wildman–Crippen MR) is 63.0 cm³/mol. The van der Waals surface area contributed by atoms with Gasteiger partial charge in [-0.25, -0.2) is 0 Å². The number of hydrogen-bond donors (Lipinski definition) is 1. The van der Waals surface area contributed by atoms with Crippen LogP contribution in [0.3, 0.4) is 0 Å². The third-order valence-electron chi connectivity index (χ3n) is 4.67. The Morgan fingerprint density at radius 3 is 2.75 bits per heavy atom. The smallest absolute Gasteiger partial charge is 0.226 e. The van der Waals surface area contributed by atoms with E-state index in [4.69, 9.17) is 0 Å². The number of carbonyl (C=O) groups is 1. The molecule has 0 spiro atoms. The van der Waals surface area contributed by atoms with Crippen molar-refractivity contribution in [1.82, 2.24) is 10.2 Å². The second-order valence-corrected chi connectivity index (χ2v) is 5.90. The summed E-state index contributed by atoms with van der Waals surface area (Å²) in [6.07, 6.45) is 5.98. The van der Waals surface area contributed by atoms with Crippen LogP contribution >= 0.6 is 0 Å². The molecule has 0 aromatic heterocycles. The van der Waals surface area contributed by atoms with E-state index in [9.17, 15) is 4.79 Å². The molecule has 3 fully saturated rings. The highest BCUT2D eigenvalue weighted by molar-refractivity contribution is 5.79. The van der Waals surface area contributed by atoms with Crippen LogP contribution in [0.1, 0.15) is 39.0 Å². The van der Waals surface area contributed by atoms with E-state index >= 15 is 0 Å². The molecule has 3 rings (SSSR count). The summed E-state index contributed by atoms with van der Waals surface area (Å²) in [5.74, 6) is 1.59. The normalized spacial score (nSPS) is 42.7. The molecule has 90 valence electrons. The number of amides is 1. The van der Waals surface area contributed by atoms with E-state index in [1.807, 2.05) is 0 Å². The first kappa shape index (κ1) is 10.6. The number of fused-ring (bicyclic) bond motifs is 2. The average Bonchev–Trinajstić information content (AvgIpc) is 2.89. The maximum atomic E-state index is 12.4. The van der Waals surface area contributed by atoms with Crippen LogP contribution in [-0.2, 0) is 4.79 Å². The fourth-order valence-electron chi connectivity index (χ4n) is 3.79. The first-order valence-corrected chi connectivity index (χ1v) is 6.78. The monoisotopic (exact) mass is 222 g/mol. The highest BCUT2D eigenvalue weighted by Crippen LogP contribution is 2.38. The Hall–Kier alpha value is -0.570. The third kappa shape index (κ3) is 1.75. The Labute approximate surface area is 97.6 Å². The number of piperidine rings is 2. The van der Waals surface area contributed by atoms with Crippen LogP contribution in [0.2, 0.25) is 0 Å². The van der Waals surface area contributed by atoms with Crippen molar-refractivity contribution in [2.45, 2.75) is 51.1 Å². The topological polar surface area (TPSA) is 32.3 Å². The second-order valence-electron chi connectivity index (χ2n) is 5.90. The minimum atomic E-state index is 0.301. The van der Waals surface area contributed by atoms with E-state index in [0.29, 0.717) is 23.9 Å². The van der Waals surface area contributed by atoms with E-state index in [1.54, 1.807) is 0 Å². The van der Waals surface area contributed by atoms with Crippen molar-refractivity contribution in [3.05, 3.63) is 0 Å². The third-order valence-corrected chi connectivity index (χ3v) is 4.67. The van der Waals surface area contributed by atoms with Crippen LogP contribution in [0.15, 0.2) is 0 Å². The highest BCUT2D eigenvalue weighted by atomic mass is 16.2. The van der Waals surface area contributed by atoms with Crippen LogP contribution in [-0.4, -0.2) is 36.0 Å². The van der Waals surface area contributed by atoms with E-state index < -0.39 is 0 Å². The van der Waals surface area contributed by atoms with Gasteiger partial charge in [-0.1, -0.05) is 0 Å². The van der Waals surface area contributed by atoms with Crippen molar-refractivity contribution in [3.8, 4) is 0 Å². The summed E-state index contributed by atoms with van der Waals surface area (Å²) in [5.41, 5.74) is 0. The summed E-state index contributed by atoms with van der Waals surface area (Å²) in [6, 6.07) is 1.12. The summed E-state index contributed by atoms with van der Waals surface area (Å²) in [4.78, 5) is 14.6. The fourth-order valence-corrected chi connectivity index (χ4v) is 3.79. The standard InChI is InChI=1S/C13H22N2O/c1-9-6-11(4-5-14-9)13(16)15-8-10-2-3-12(15)7-10/h9-12,14H,2-8H2,1H3/t9-,10?,11-,12?/m0/s1.